The summed E-state index contributed by atoms with van der Waals surface area (Å²) in [6, 6.07) is -1.83. The average Bonchev–Trinajstić information content (AvgIpc) is 2.73. The number of hydrogen-bond acceptors (Lipinski definition) is 5. The van der Waals surface area contributed by atoms with E-state index >= 15 is 0 Å². The topological polar surface area (TPSA) is 122 Å². The molecule has 2 atom stereocenters. The summed E-state index contributed by atoms with van der Waals surface area (Å²) in [6.07, 6.45) is 2.36. The molecule has 10 nitrogen and oxygen atoms in total. The number of carboxylic acids is 1. The van der Waals surface area contributed by atoms with Gasteiger partial charge in [0, 0.05) is 32.7 Å². The van der Waals surface area contributed by atoms with Gasteiger partial charge in [0.1, 0.15) is 0 Å². The standard InChI is InChI=1S/C21H35N5O5/c1-21(2,3)13-23-19(30)24-8-10-25(11-9-24)20(31)26-16(18(28)29)15(17(26)27)12-14-4-6-22-7-5-14/h14-16,22H,4-13H2,1-3H3,(H,23,30)(H,28,29)/t15-,16+/m1/s1. The van der Waals surface area contributed by atoms with E-state index < -0.39 is 24.0 Å². The smallest absolute Gasteiger partial charge is 0.327 e. The van der Waals surface area contributed by atoms with Gasteiger partial charge in [0.2, 0.25) is 5.91 Å². The molecule has 3 aliphatic rings. The number of carboxylic acid groups (broad SMARTS) is 1. The Morgan fingerprint density at radius 1 is 1.06 bits per heavy atom. The zero-order valence-electron chi connectivity index (χ0n) is 18.7. The number of piperidine rings is 1. The van der Waals surface area contributed by atoms with Crippen molar-refractivity contribution < 1.29 is 24.3 Å². The fourth-order valence-electron chi connectivity index (χ4n) is 4.46. The van der Waals surface area contributed by atoms with Crippen LogP contribution in [0.5, 0.6) is 0 Å². The lowest BCUT2D eigenvalue weighted by molar-refractivity contribution is -0.167. The lowest BCUT2D eigenvalue weighted by atomic mass is 9.78. The first-order chi connectivity index (χ1) is 14.6. The van der Waals surface area contributed by atoms with Gasteiger partial charge in [0.05, 0.1) is 5.92 Å². The lowest BCUT2D eigenvalue weighted by Gasteiger charge is -2.47. The Morgan fingerprint density at radius 3 is 2.19 bits per heavy atom. The normalized spacial score (nSPS) is 25.3. The van der Waals surface area contributed by atoms with E-state index in [1.807, 2.05) is 20.8 Å². The first kappa shape index (κ1) is 23.3. The van der Waals surface area contributed by atoms with E-state index in [4.69, 9.17) is 0 Å². The zero-order valence-corrected chi connectivity index (χ0v) is 18.7. The summed E-state index contributed by atoms with van der Waals surface area (Å²) in [4.78, 5) is 53.8. The first-order valence-electron chi connectivity index (χ1n) is 11.2. The number of urea groups is 2. The third kappa shape index (κ3) is 5.47. The van der Waals surface area contributed by atoms with Gasteiger partial charge >= 0.3 is 18.0 Å². The van der Waals surface area contributed by atoms with Crippen LogP contribution in [0.15, 0.2) is 0 Å². The van der Waals surface area contributed by atoms with Crippen LogP contribution in [-0.4, -0.2) is 95.6 Å². The zero-order chi connectivity index (χ0) is 22.8. The molecule has 0 unspecified atom stereocenters. The second kappa shape index (κ2) is 9.42. The molecule has 3 fully saturated rings. The van der Waals surface area contributed by atoms with Crippen LogP contribution >= 0.6 is 0 Å². The molecular formula is C21H35N5O5. The highest BCUT2D eigenvalue weighted by Gasteiger charge is 2.56. The summed E-state index contributed by atoms with van der Waals surface area (Å²) >= 11 is 0. The number of β-lactam (4-membered cyclic amide) rings is 1. The maximum Gasteiger partial charge on any atom is 0.327 e. The van der Waals surface area contributed by atoms with Gasteiger partial charge in [-0.15, -0.1) is 0 Å². The Labute approximate surface area is 183 Å². The SMILES string of the molecule is CC(C)(C)CNC(=O)N1CCN(C(=O)N2C(=O)[C@H](CC3CCNCC3)[C@H]2C(=O)O)CC1. The van der Waals surface area contributed by atoms with E-state index in [0.29, 0.717) is 32.0 Å². The van der Waals surface area contributed by atoms with E-state index in [2.05, 4.69) is 10.6 Å². The lowest BCUT2D eigenvalue weighted by Crippen LogP contribution is -2.70. The molecule has 3 rings (SSSR count). The van der Waals surface area contributed by atoms with Crippen LogP contribution in [-0.2, 0) is 9.59 Å². The molecular weight excluding hydrogens is 402 g/mol. The molecule has 0 aromatic heterocycles. The largest absolute Gasteiger partial charge is 0.480 e. The monoisotopic (exact) mass is 437 g/mol. The quantitative estimate of drug-likeness (QED) is 0.559. The Morgan fingerprint density at radius 2 is 1.65 bits per heavy atom. The van der Waals surface area contributed by atoms with Gasteiger partial charge in [-0.25, -0.2) is 19.3 Å². The molecule has 0 aliphatic carbocycles. The predicted molar refractivity (Wildman–Crippen MR) is 113 cm³/mol. The number of carbonyl (C=O) groups excluding carboxylic acids is 3. The number of nitrogens with one attached hydrogen (secondary N) is 2. The highest BCUT2D eigenvalue weighted by atomic mass is 16.4. The summed E-state index contributed by atoms with van der Waals surface area (Å²) < 4.78 is 0. The van der Waals surface area contributed by atoms with Crippen molar-refractivity contribution in [3.63, 3.8) is 0 Å². The summed E-state index contributed by atoms with van der Waals surface area (Å²) in [7, 11) is 0. The van der Waals surface area contributed by atoms with Gasteiger partial charge in [-0.1, -0.05) is 20.8 Å². The molecule has 0 bridgehead atoms. The van der Waals surface area contributed by atoms with Crippen molar-refractivity contribution in [2.45, 2.75) is 46.1 Å². The number of imide groups is 1. The van der Waals surface area contributed by atoms with Gasteiger partial charge in [-0.2, -0.15) is 0 Å². The molecule has 0 saturated carbocycles. The van der Waals surface area contributed by atoms with Crippen LogP contribution < -0.4 is 10.6 Å². The molecule has 0 radical (unpaired) electrons. The highest BCUT2D eigenvalue weighted by Crippen LogP contribution is 2.35. The Balaban J connectivity index is 1.53. The molecule has 31 heavy (non-hydrogen) atoms. The van der Waals surface area contributed by atoms with Crippen LogP contribution in [0.3, 0.4) is 0 Å². The number of likely N-dealkylation sites (tertiary alicyclic amines) is 1. The minimum Gasteiger partial charge on any atom is -0.480 e. The number of rotatable bonds is 4. The minimum atomic E-state index is -1.13. The third-order valence-electron chi connectivity index (χ3n) is 6.33. The summed E-state index contributed by atoms with van der Waals surface area (Å²) in [5.41, 5.74) is -0.0260. The summed E-state index contributed by atoms with van der Waals surface area (Å²) in [5.74, 6) is -1.84. The minimum absolute atomic E-state index is 0.0260. The van der Waals surface area contributed by atoms with Crippen molar-refractivity contribution >= 4 is 23.9 Å². The van der Waals surface area contributed by atoms with E-state index in [1.54, 1.807) is 4.90 Å². The second-order valence-corrected chi connectivity index (χ2v) is 10.0. The van der Waals surface area contributed by atoms with Gasteiger partial charge in [-0.05, 0) is 43.7 Å². The Hall–Kier alpha value is -2.36. The van der Waals surface area contributed by atoms with Gasteiger partial charge in [-0.3, -0.25) is 4.79 Å². The van der Waals surface area contributed by atoms with Gasteiger partial charge < -0.3 is 25.5 Å². The third-order valence-corrected chi connectivity index (χ3v) is 6.33. The van der Waals surface area contributed by atoms with Crippen molar-refractivity contribution in [3.8, 4) is 0 Å². The van der Waals surface area contributed by atoms with Crippen LogP contribution in [0.25, 0.3) is 0 Å². The van der Waals surface area contributed by atoms with E-state index in [1.165, 1.54) is 4.90 Å². The summed E-state index contributed by atoms with van der Waals surface area (Å²) in [6.45, 7) is 9.64. The number of aliphatic carboxylic acids is 1. The van der Waals surface area contributed by atoms with Crippen LogP contribution in [0.4, 0.5) is 9.59 Å². The molecule has 0 spiro atoms. The number of piperazine rings is 1. The van der Waals surface area contributed by atoms with Crippen molar-refractivity contribution in [2.24, 2.45) is 17.3 Å². The molecule has 3 saturated heterocycles. The fraction of sp³-hybridized carbons (Fsp3) is 0.810. The Kier molecular flexibility index (Phi) is 7.08. The molecule has 3 aliphatic heterocycles. The number of nitrogens with zero attached hydrogens (tertiary/aromatic N) is 3. The number of carbonyl (C=O) groups is 4. The molecule has 10 heteroatoms. The maximum atomic E-state index is 12.9. The molecule has 0 aromatic rings. The van der Waals surface area contributed by atoms with Gasteiger partial charge in [0.25, 0.3) is 0 Å². The molecule has 3 N–H and O–H groups in total. The molecule has 174 valence electrons. The van der Waals surface area contributed by atoms with Crippen molar-refractivity contribution in [2.75, 3.05) is 45.8 Å². The molecule has 5 amide bonds. The van der Waals surface area contributed by atoms with E-state index in [0.717, 1.165) is 30.8 Å². The number of amides is 5. The van der Waals surface area contributed by atoms with Gasteiger partial charge in [0.15, 0.2) is 6.04 Å². The van der Waals surface area contributed by atoms with Crippen molar-refractivity contribution in [3.05, 3.63) is 0 Å². The van der Waals surface area contributed by atoms with Crippen molar-refractivity contribution in [1.82, 2.24) is 25.3 Å². The predicted octanol–water partition coefficient (Wildman–Crippen LogP) is 0.781. The molecule has 3 heterocycles. The van der Waals surface area contributed by atoms with Crippen LogP contribution in [0.1, 0.15) is 40.0 Å². The second-order valence-electron chi connectivity index (χ2n) is 10.0. The van der Waals surface area contributed by atoms with E-state index in [9.17, 15) is 24.3 Å². The van der Waals surface area contributed by atoms with Crippen LogP contribution in [0, 0.1) is 17.3 Å². The maximum absolute atomic E-state index is 12.9. The number of hydrogen-bond donors (Lipinski definition) is 3. The first-order valence-corrected chi connectivity index (χ1v) is 11.2. The fourth-order valence-corrected chi connectivity index (χ4v) is 4.46. The van der Waals surface area contributed by atoms with Crippen LogP contribution in [0.2, 0.25) is 0 Å². The van der Waals surface area contributed by atoms with Crippen molar-refractivity contribution in [1.29, 1.82) is 0 Å². The average molecular weight is 438 g/mol. The Bertz CT molecular complexity index is 707. The molecule has 0 aromatic carbocycles. The highest BCUT2D eigenvalue weighted by molar-refractivity contribution is 6.07. The summed E-state index contributed by atoms with van der Waals surface area (Å²) in [5, 5.41) is 15.8. The van der Waals surface area contributed by atoms with E-state index in [-0.39, 0.29) is 30.4 Å².